The van der Waals surface area contributed by atoms with Crippen LogP contribution in [0.1, 0.15) is 17.0 Å². The summed E-state index contributed by atoms with van der Waals surface area (Å²) >= 11 is 1.19. The van der Waals surface area contributed by atoms with E-state index in [0.29, 0.717) is 27.7 Å². The summed E-state index contributed by atoms with van der Waals surface area (Å²) in [6, 6.07) is 19.0. The zero-order valence-electron chi connectivity index (χ0n) is 16.8. The molecule has 2 heterocycles. The first-order chi connectivity index (χ1) is 15.6. The number of methoxy groups -OCH3 is 1. The van der Waals surface area contributed by atoms with Crippen molar-refractivity contribution in [2.45, 2.75) is 10.8 Å². The number of aromatic amines is 2. The summed E-state index contributed by atoms with van der Waals surface area (Å²) in [5, 5.41) is 33.4. The van der Waals surface area contributed by atoms with Crippen LogP contribution >= 0.6 is 11.8 Å². The quantitative estimate of drug-likeness (QED) is 0.434. The predicted octanol–water partition coefficient (Wildman–Crippen LogP) is 3.27. The monoisotopic (exact) mass is 441 g/mol. The van der Waals surface area contributed by atoms with Gasteiger partial charge in [-0.05, 0) is 28.8 Å². The molecule has 0 radical (unpaired) electrons. The van der Waals surface area contributed by atoms with E-state index in [4.69, 9.17) is 4.74 Å². The van der Waals surface area contributed by atoms with E-state index in [1.54, 1.807) is 19.2 Å². The van der Waals surface area contributed by atoms with Gasteiger partial charge in [0.1, 0.15) is 23.5 Å². The lowest BCUT2D eigenvalue weighted by molar-refractivity contribution is 0.415. The standard InChI is InChI=1S/C22H15N7O2S/c1-31-16-8-6-14(7-9-16)13-2-4-15(5-3-13)20-17(10-23)21(30)25-22(18(20)11-24)32-12-19-26-28-29-27-19/h2-9H,12H2,1H3,(H,25,30)(H,26,27,28,29). The lowest BCUT2D eigenvalue weighted by atomic mass is 9.95. The lowest BCUT2D eigenvalue weighted by Gasteiger charge is -2.11. The molecule has 4 aromatic rings. The second-order valence-corrected chi connectivity index (χ2v) is 7.54. The number of nitrogens with zero attached hydrogens (tertiary/aromatic N) is 5. The molecule has 10 heteroatoms. The molecule has 32 heavy (non-hydrogen) atoms. The van der Waals surface area contributed by atoms with Crippen LogP contribution in [0.3, 0.4) is 0 Å². The third-order valence-corrected chi connectivity index (χ3v) is 5.73. The third-order valence-electron chi connectivity index (χ3n) is 4.74. The van der Waals surface area contributed by atoms with E-state index < -0.39 is 5.56 Å². The molecule has 156 valence electrons. The van der Waals surface area contributed by atoms with Crippen LogP contribution in [0.15, 0.2) is 58.4 Å². The molecule has 0 saturated carbocycles. The van der Waals surface area contributed by atoms with Crippen LogP contribution < -0.4 is 10.3 Å². The highest BCUT2D eigenvalue weighted by atomic mass is 32.2. The average Bonchev–Trinajstić information content (AvgIpc) is 3.36. The van der Waals surface area contributed by atoms with Gasteiger partial charge < -0.3 is 9.72 Å². The van der Waals surface area contributed by atoms with E-state index in [-0.39, 0.29) is 11.1 Å². The molecule has 0 saturated heterocycles. The molecule has 2 aromatic carbocycles. The fourth-order valence-electron chi connectivity index (χ4n) is 3.18. The van der Waals surface area contributed by atoms with E-state index in [0.717, 1.165) is 16.9 Å². The molecular weight excluding hydrogens is 426 g/mol. The second-order valence-electron chi connectivity index (χ2n) is 6.55. The molecule has 0 unspecified atom stereocenters. The fraction of sp³-hybridized carbons (Fsp3) is 0.0909. The Balaban J connectivity index is 1.75. The van der Waals surface area contributed by atoms with Crippen LogP contribution in [0.4, 0.5) is 0 Å². The number of nitrogens with one attached hydrogen (secondary N) is 2. The Labute approximate surface area is 186 Å². The maximum atomic E-state index is 12.6. The molecule has 2 N–H and O–H groups in total. The van der Waals surface area contributed by atoms with Gasteiger partial charge in [-0.3, -0.25) is 4.79 Å². The van der Waals surface area contributed by atoms with Gasteiger partial charge in [0.2, 0.25) is 0 Å². The number of rotatable bonds is 6. The highest BCUT2D eigenvalue weighted by molar-refractivity contribution is 7.98. The van der Waals surface area contributed by atoms with Crippen molar-refractivity contribution < 1.29 is 4.74 Å². The van der Waals surface area contributed by atoms with Crippen LogP contribution in [0.25, 0.3) is 22.3 Å². The van der Waals surface area contributed by atoms with Crippen molar-refractivity contribution in [3.63, 3.8) is 0 Å². The highest BCUT2D eigenvalue weighted by Gasteiger charge is 2.20. The normalized spacial score (nSPS) is 10.3. The number of tetrazole rings is 1. The first-order valence-electron chi connectivity index (χ1n) is 9.35. The molecule has 0 aliphatic heterocycles. The van der Waals surface area contributed by atoms with E-state index in [1.807, 2.05) is 42.5 Å². The predicted molar refractivity (Wildman–Crippen MR) is 118 cm³/mol. The Morgan fingerprint density at radius 1 is 0.969 bits per heavy atom. The van der Waals surface area contributed by atoms with E-state index in [1.165, 1.54) is 11.8 Å². The summed E-state index contributed by atoms with van der Waals surface area (Å²) in [6.45, 7) is 0. The highest BCUT2D eigenvalue weighted by Crippen LogP contribution is 2.33. The van der Waals surface area contributed by atoms with Gasteiger partial charge >= 0.3 is 0 Å². The molecule has 0 spiro atoms. The minimum absolute atomic E-state index is 0.109. The zero-order valence-corrected chi connectivity index (χ0v) is 17.6. The van der Waals surface area contributed by atoms with Gasteiger partial charge in [0.25, 0.3) is 5.56 Å². The number of hydrogen-bond acceptors (Lipinski definition) is 8. The smallest absolute Gasteiger partial charge is 0.267 e. The molecule has 2 aromatic heterocycles. The molecule has 0 atom stereocenters. The van der Waals surface area contributed by atoms with Crippen molar-refractivity contribution in [3.05, 3.63) is 75.8 Å². The van der Waals surface area contributed by atoms with Gasteiger partial charge in [-0.15, -0.1) is 10.2 Å². The topological polar surface area (TPSA) is 144 Å². The summed E-state index contributed by atoms with van der Waals surface area (Å²) in [5.41, 5.74) is 2.38. The van der Waals surface area contributed by atoms with Gasteiger partial charge in [-0.25, -0.2) is 0 Å². The van der Waals surface area contributed by atoms with E-state index in [9.17, 15) is 15.3 Å². The molecule has 0 aliphatic rings. The molecule has 0 fully saturated rings. The summed E-state index contributed by atoms with van der Waals surface area (Å²) in [6.07, 6.45) is 0. The van der Waals surface area contributed by atoms with Crippen molar-refractivity contribution in [2.75, 3.05) is 7.11 Å². The van der Waals surface area contributed by atoms with Gasteiger partial charge in [0.05, 0.1) is 23.5 Å². The largest absolute Gasteiger partial charge is 0.497 e. The van der Waals surface area contributed by atoms with E-state index >= 15 is 0 Å². The maximum absolute atomic E-state index is 12.6. The summed E-state index contributed by atoms with van der Waals surface area (Å²) in [7, 11) is 1.61. The molecule has 4 rings (SSSR count). The summed E-state index contributed by atoms with van der Waals surface area (Å²) in [5.74, 6) is 1.48. The molecule has 9 nitrogen and oxygen atoms in total. The van der Waals surface area contributed by atoms with Gasteiger partial charge in [-0.1, -0.05) is 53.4 Å². The number of aromatic nitrogens is 5. The number of thioether (sulfide) groups is 1. The van der Waals surface area contributed by atoms with E-state index in [2.05, 4.69) is 31.7 Å². The number of pyridine rings is 1. The first-order valence-corrected chi connectivity index (χ1v) is 10.3. The summed E-state index contributed by atoms with van der Waals surface area (Å²) < 4.78 is 5.19. The number of benzene rings is 2. The minimum atomic E-state index is -0.559. The van der Waals surface area contributed by atoms with Gasteiger partial charge in [0.15, 0.2) is 5.82 Å². The lowest BCUT2D eigenvalue weighted by Crippen LogP contribution is -2.15. The van der Waals surface area contributed by atoms with Crippen molar-refractivity contribution in [1.82, 2.24) is 25.6 Å². The average molecular weight is 441 g/mol. The third kappa shape index (κ3) is 4.08. The van der Waals surface area contributed by atoms with Crippen LogP contribution in [0.2, 0.25) is 0 Å². The van der Waals surface area contributed by atoms with Gasteiger partial charge in [0, 0.05) is 5.56 Å². The summed E-state index contributed by atoms with van der Waals surface area (Å²) in [4.78, 5) is 15.2. The number of nitriles is 2. The number of H-pyrrole nitrogens is 2. The van der Waals surface area contributed by atoms with Crippen LogP contribution in [0.5, 0.6) is 5.75 Å². The van der Waals surface area contributed by atoms with Crippen molar-refractivity contribution in [2.24, 2.45) is 0 Å². The second kappa shape index (κ2) is 9.16. The Kier molecular flexibility index (Phi) is 5.97. The van der Waals surface area contributed by atoms with Crippen molar-refractivity contribution in [3.8, 4) is 40.1 Å². The zero-order chi connectivity index (χ0) is 22.5. The Bertz CT molecular complexity index is 1380. The van der Waals surface area contributed by atoms with Gasteiger partial charge in [-0.2, -0.15) is 15.7 Å². The maximum Gasteiger partial charge on any atom is 0.267 e. The van der Waals surface area contributed by atoms with Crippen LogP contribution in [0, 0.1) is 22.7 Å². The first kappa shape index (κ1) is 20.8. The fourth-order valence-corrected chi connectivity index (χ4v) is 4.04. The molecule has 0 bridgehead atoms. The molecular formula is C22H15N7O2S. The molecule has 0 amide bonds. The number of ether oxygens (including phenoxy) is 1. The van der Waals surface area contributed by atoms with Crippen LogP contribution in [-0.2, 0) is 5.75 Å². The van der Waals surface area contributed by atoms with Crippen molar-refractivity contribution in [1.29, 1.82) is 10.5 Å². The minimum Gasteiger partial charge on any atom is -0.497 e. The van der Waals surface area contributed by atoms with Crippen molar-refractivity contribution >= 4 is 11.8 Å². The number of hydrogen-bond donors (Lipinski definition) is 2. The SMILES string of the molecule is COc1ccc(-c2ccc(-c3c(C#N)c(SCc4nn[nH]n4)[nH]c(=O)c3C#N)cc2)cc1. The Hall–Kier alpha value is -4.41. The Morgan fingerprint density at radius 2 is 1.59 bits per heavy atom. The van der Waals surface area contributed by atoms with Crippen LogP contribution in [-0.4, -0.2) is 32.7 Å². The molecule has 0 aliphatic carbocycles. The Morgan fingerprint density at radius 3 is 2.16 bits per heavy atom.